The van der Waals surface area contributed by atoms with E-state index in [0.717, 1.165) is 31.0 Å². The quantitative estimate of drug-likeness (QED) is 0.898. The van der Waals surface area contributed by atoms with Crippen molar-refractivity contribution in [3.63, 3.8) is 0 Å². The average molecular weight is 312 g/mol. The van der Waals surface area contributed by atoms with E-state index in [1.807, 2.05) is 6.92 Å². The molecule has 1 fully saturated rings. The fourth-order valence-electron chi connectivity index (χ4n) is 2.74. The van der Waals surface area contributed by atoms with Crippen molar-refractivity contribution in [2.75, 3.05) is 19.7 Å². The van der Waals surface area contributed by atoms with Crippen LogP contribution >= 0.6 is 0 Å². The molecular weight excluding hydrogens is 290 g/mol. The normalized spacial score (nSPS) is 17.4. The number of hydrogen-bond acceptors (Lipinski definition) is 2. The third-order valence-corrected chi connectivity index (χ3v) is 4.20. The van der Waals surface area contributed by atoms with Crippen molar-refractivity contribution in [1.29, 1.82) is 0 Å². The number of amides is 2. The standard InChI is InChI=1S/C16H22F2N2O2/c1-2-15(13-9-12(17)3-4-14(13)18)19-16(22)20-7-5-11(10-21)6-8-20/h3-4,9,11,15,21H,2,5-8,10H2,1H3,(H,19,22). The van der Waals surface area contributed by atoms with Crippen molar-refractivity contribution in [2.45, 2.75) is 32.2 Å². The molecule has 0 aromatic heterocycles. The van der Waals surface area contributed by atoms with E-state index in [4.69, 9.17) is 5.11 Å². The van der Waals surface area contributed by atoms with E-state index >= 15 is 0 Å². The minimum atomic E-state index is -0.557. The highest BCUT2D eigenvalue weighted by Gasteiger charge is 2.25. The van der Waals surface area contributed by atoms with Crippen LogP contribution in [0.15, 0.2) is 18.2 Å². The number of aliphatic hydroxyl groups excluding tert-OH is 1. The first-order chi connectivity index (χ1) is 10.5. The second-order valence-electron chi connectivity index (χ2n) is 5.69. The lowest BCUT2D eigenvalue weighted by atomic mass is 9.98. The summed E-state index contributed by atoms with van der Waals surface area (Å²) in [6.45, 7) is 3.09. The zero-order valence-corrected chi connectivity index (χ0v) is 12.7. The third-order valence-electron chi connectivity index (χ3n) is 4.20. The molecule has 0 radical (unpaired) electrons. The molecule has 1 aliphatic heterocycles. The summed E-state index contributed by atoms with van der Waals surface area (Å²) < 4.78 is 27.1. The van der Waals surface area contributed by atoms with E-state index in [2.05, 4.69) is 5.32 Å². The van der Waals surface area contributed by atoms with Crippen molar-refractivity contribution >= 4 is 6.03 Å². The van der Waals surface area contributed by atoms with Crippen LogP contribution in [0.2, 0.25) is 0 Å². The fraction of sp³-hybridized carbons (Fsp3) is 0.562. The number of carbonyl (C=O) groups excluding carboxylic acids is 1. The highest BCUT2D eigenvalue weighted by Crippen LogP contribution is 2.22. The highest BCUT2D eigenvalue weighted by atomic mass is 19.1. The lowest BCUT2D eigenvalue weighted by Crippen LogP contribution is -2.46. The Morgan fingerprint density at radius 3 is 2.68 bits per heavy atom. The predicted molar refractivity (Wildman–Crippen MR) is 79.3 cm³/mol. The predicted octanol–water partition coefficient (Wildman–Crippen LogP) is 2.83. The molecule has 1 aromatic rings. The van der Waals surface area contributed by atoms with E-state index in [9.17, 15) is 13.6 Å². The van der Waals surface area contributed by atoms with E-state index in [1.54, 1.807) is 4.90 Å². The monoisotopic (exact) mass is 312 g/mol. The van der Waals surface area contributed by atoms with Crippen LogP contribution in [0.4, 0.5) is 13.6 Å². The van der Waals surface area contributed by atoms with Gasteiger partial charge >= 0.3 is 6.03 Å². The number of nitrogens with zero attached hydrogens (tertiary/aromatic N) is 1. The summed E-state index contributed by atoms with van der Waals surface area (Å²) in [5, 5.41) is 11.9. The summed E-state index contributed by atoms with van der Waals surface area (Å²) in [5.41, 5.74) is 0.168. The van der Waals surface area contributed by atoms with Gasteiger partial charge in [0.15, 0.2) is 0 Å². The van der Waals surface area contributed by atoms with E-state index in [1.165, 1.54) is 0 Å². The Bertz CT molecular complexity index is 517. The van der Waals surface area contributed by atoms with Gasteiger partial charge in [-0.25, -0.2) is 13.6 Å². The van der Waals surface area contributed by atoms with Gasteiger partial charge in [-0.1, -0.05) is 6.92 Å². The lowest BCUT2D eigenvalue weighted by molar-refractivity contribution is 0.135. The van der Waals surface area contributed by atoms with E-state index in [0.29, 0.717) is 19.5 Å². The van der Waals surface area contributed by atoms with Crippen molar-refractivity contribution in [3.8, 4) is 0 Å². The Labute approximate surface area is 129 Å². The molecule has 1 heterocycles. The number of piperidine rings is 1. The summed E-state index contributed by atoms with van der Waals surface area (Å²) in [5.74, 6) is -0.799. The molecule has 0 bridgehead atoms. The number of halogens is 2. The topological polar surface area (TPSA) is 52.6 Å². The summed E-state index contributed by atoms with van der Waals surface area (Å²) in [4.78, 5) is 13.9. The molecule has 1 aliphatic rings. The average Bonchev–Trinajstić information content (AvgIpc) is 2.55. The highest BCUT2D eigenvalue weighted by molar-refractivity contribution is 5.74. The van der Waals surface area contributed by atoms with Gasteiger partial charge in [-0.05, 0) is 43.4 Å². The minimum Gasteiger partial charge on any atom is -0.396 e. The van der Waals surface area contributed by atoms with Crippen LogP contribution < -0.4 is 5.32 Å². The number of hydrogen-bond donors (Lipinski definition) is 2. The molecule has 4 nitrogen and oxygen atoms in total. The summed E-state index contributed by atoms with van der Waals surface area (Å²) in [7, 11) is 0. The van der Waals surface area contributed by atoms with Gasteiger partial charge in [-0.2, -0.15) is 0 Å². The smallest absolute Gasteiger partial charge is 0.317 e. The molecule has 1 atom stereocenters. The van der Waals surface area contributed by atoms with Crippen LogP contribution in [0, 0.1) is 17.6 Å². The van der Waals surface area contributed by atoms with Crippen LogP contribution in [-0.4, -0.2) is 35.7 Å². The fourth-order valence-corrected chi connectivity index (χ4v) is 2.74. The maximum atomic E-state index is 13.8. The van der Waals surface area contributed by atoms with Gasteiger partial charge in [0.05, 0.1) is 6.04 Å². The third kappa shape index (κ3) is 3.94. The Hall–Kier alpha value is -1.69. The van der Waals surface area contributed by atoms with Crippen LogP contribution in [0.3, 0.4) is 0 Å². The number of benzene rings is 1. The Balaban J connectivity index is 2.01. The Morgan fingerprint density at radius 1 is 1.41 bits per heavy atom. The maximum absolute atomic E-state index is 13.8. The van der Waals surface area contributed by atoms with Gasteiger partial charge in [-0.15, -0.1) is 0 Å². The molecule has 122 valence electrons. The largest absolute Gasteiger partial charge is 0.396 e. The number of urea groups is 1. The number of carbonyl (C=O) groups is 1. The Morgan fingerprint density at radius 2 is 2.09 bits per heavy atom. The van der Waals surface area contributed by atoms with Gasteiger partial charge in [0.25, 0.3) is 0 Å². The van der Waals surface area contributed by atoms with E-state index < -0.39 is 17.7 Å². The van der Waals surface area contributed by atoms with E-state index in [-0.39, 0.29) is 24.1 Å². The Kier molecular flexibility index (Phi) is 5.71. The molecular formula is C16H22F2N2O2. The molecule has 0 spiro atoms. The molecule has 0 aliphatic carbocycles. The molecule has 22 heavy (non-hydrogen) atoms. The van der Waals surface area contributed by atoms with Crippen LogP contribution in [0.25, 0.3) is 0 Å². The van der Waals surface area contributed by atoms with Crippen LogP contribution in [-0.2, 0) is 0 Å². The molecule has 2 rings (SSSR count). The zero-order chi connectivity index (χ0) is 16.1. The second-order valence-corrected chi connectivity index (χ2v) is 5.69. The lowest BCUT2D eigenvalue weighted by Gasteiger charge is -2.32. The molecule has 2 N–H and O–H groups in total. The summed E-state index contributed by atoms with van der Waals surface area (Å²) >= 11 is 0. The first-order valence-corrected chi connectivity index (χ1v) is 7.66. The minimum absolute atomic E-state index is 0.140. The molecule has 1 saturated heterocycles. The zero-order valence-electron chi connectivity index (χ0n) is 12.7. The first kappa shape index (κ1) is 16.7. The van der Waals surface area contributed by atoms with Gasteiger partial charge in [-0.3, -0.25) is 0 Å². The van der Waals surface area contributed by atoms with Crippen molar-refractivity contribution in [1.82, 2.24) is 10.2 Å². The molecule has 1 unspecified atom stereocenters. The number of nitrogens with one attached hydrogen (secondary N) is 1. The van der Waals surface area contributed by atoms with Crippen molar-refractivity contribution < 1.29 is 18.7 Å². The van der Waals surface area contributed by atoms with Gasteiger partial charge < -0.3 is 15.3 Å². The van der Waals surface area contributed by atoms with Crippen molar-refractivity contribution in [3.05, 3.63) is 35.4 Å². The van der Waals surface area contributed by atoms with Crippen LogP contribution in [0.5, 0.6) is 0 Å². The summed E-state index contributed by atoms with van der Waals surface area (Å²) in [6.07, 6.45) is 1.99. The van der Waals surface area contributed by atoms with Gasteiger partial charge in [0.2, 0.25) is 0 Å². The van der Waals surface area contributed by atoms with Crippen LogP contribution in [0.1, 0.15) is 37.8 Å². The van der Waals surface area contributed by atoms with Gasteiger partial charge in [0, 0.05) is 25.3 Å². The molecule has 1 aromatic carbocycles. The molecule has 2 amide bonds. The number of likely N-dealkylation sites (tertiary alicyclic amines) is 1. The van der Waals surface area contributed by atoms with Gasteiger partial charge in [0.1, 0.15) is 11.6 Å². The first-order valence-electron chi connectivity index (χ1n) is 7.66. The van der Waals surface area contributed by atoms with Crippen molar-refractivity contribution in [2.24, 2.45) is 5.92 Å². The number of aliphatic hydroxyl groups is 1. The molecule has 0 saturated carbocycles. The number of rotatable bonds is 4. The summed E-state index contributed by atoms with van der Waals surface area (Å²) in [6, 6.07) is 2.44. The SMILES string of the molecule is CCC(NC(=O)N1CCC(CO)CC1)c1cc(F)ccc1F. The second kappa shape index (κ2) is 7.54. The molecule has 6 heteroatoms. The maximum Gasteiger partial charge on any atom is 0.317 e.